The Kier molecular flexibility index (Phi) is 13.3. The van der Waals surface area contributed by atoms with Crippen LogP contribution in [0.1, 0.15) is 32.3 Å². The van der Waals surface area contributed by atoms with Crippen molar-refractivity contribution in [3.8, 4) is 17.9 Å². The van der Waals surface area contributed by atoms with Crippen LogP contribution in [-0.4, -0.2) is 30.3 Å². The second-order valence-electron chi connectivity index (χ2n) is 4.87. The van der Waals surface area contributed by atoms with Crippen LogP contribution in [0.15, 0.2) is 24.3 Å². The fourth-order valence-electron chi connectivity index (χ4n) is 1.72. The summed E-state index contributed by atoms with van der Waals surface area (Å²) in [5.74, 6) is -1.24. The first-order chi connectivity index (χ1) is 13.4. The van der Waals surface area contributed by atoms with E-state index in [4.69, 9.17) is 29.2 Å². The van der Waals surface area contributed by atoms with Crippen molar-refractivity contribution in [2.75, 3.05) is 13.2 Å². The number of carboxylic acids is 1. The molecule has 0 aromatic heterocycles. The molecule has 1 atom stereocenters. The average Bonchev–Trinajstić information content (AvgIpc) is 2.69. The Morgan fingerprint density at radius 1 is 1.18 bits per heavy atom. The number of halogens is 1. The molecule has 2 N–H and O–H groups in total. The number of carbonyl (C=O) groups is 1. The number of phosphoric acid groups is 1. The molecule has 9 nitrogen and oxygen atoms in total. The second-order valence-corrected chi connectivity index (χ2v) is 6.46. The molecule has 0 radical (unpaired) electrons. The first-order valence-corrected chi connectivity index (χ1v) is 9.90. The van der Waals surface area contributed by atoms with Crippen LogP contribution in [0.3, 0.4) is 0 Å². The summed E-state index contributed by atoms with van der Waals surface area (Å²) in [5.41, 5.74) is 1.69. The van der Waals surface area contributed by atoms with Crippen LogP contribution < -0.4 is 10.1 Å². The monoisotopic (exact) mass is 415 g/mol. The molecule has 0 aliphatic heterocycles. The van der Waals surface area contributed by atoms with Crippen molar-refractivity contribution in [2.45, 2.75) is 39.2 Å². The van der Waals surface area contributed by atoms with E-state index in [-0.39, 0.29) is 38.2 Å². The summed E-state index contributed by atoms with van der Waals surface area (Å²) in [7, 11) is -4.03. The summed E-state index contributed by atoms with van der Waals surface area (Å²) in [4.78, 5) is 10.8. The summed E-state index contributed by atoms with van der Waals surface area (Å²) in [6.45, 7) is 3.64. The largest absolute Gasteiger partial charge is 0.530 e. The van der Waals surface area contributed by atoms with E-state index in [0.29, 0.717) is 5.56 Å². The minimum absolute atomic E-state index is 0.0271. The lowest BCUT2D eigenvalue weighted by Gasteiger charge is -2.18. The molecule has 0 saturated heterocycles. The van der Waals surface area contributed by atoms with Gasteiger partial charge in [0.1, 0.15) is 11.8 Å². The van der Waals surface area contributed by atoms with E-state index >= 15 is 0 Å². The lowest BCUT2D eigenvalue weighted by molar-refractivity contribution is -0.140. The predicted octanol–water partition coefficient (Wildman–Crippen LogP) is 3.53. The van der Waals surface area contributed by atoms with Crippen molar-refractivity contribution in [3.63, 3.8) is 0 Å². The summed E-state index contributed by atoms with van der Waals surface area (Å²) in [5, 5.41) is 25.8. The molecule has 0 heterocycles. The van der Waals surface area contributed by atoms with Crippen LogP contribution in [0.2, 0.25) is 0 Å². The fraction of sp³-hybridized carbons (Fsp3) is 0.471. The normalized spacial score (nSPS) is 11.3. The number of nitrogens with zero attached hydrogens (tertiary/aromatic N) is 2. The minimum atomic E-state index is -4.03. The van der Waals surface area contributed by atoms with Crippen molar-refractivity contribution in [1.29, 1.82) is 10.5 Å². The van der Waals surface area contributed by atoms with Gasteiger partial charge in [-0.3, -0.25) is 13.8 Å². The third kappa shape index (κ3) is 10.0. The molecule has 0 amide bonds. The Bertz CT molecular complexity index is 693. The summed E-state index contributed by atoms with van der Waals surface area (Å²) >= 11 is 0. The molecule has 0 aliphatic rings. The number of rotatable bonds is 12. The first-order valence-electron chi connectivity index (χ1n) is 8.44. The molecule has 11 heteroatoms. The number of nitriles is 2. The SMILES string of the molecule is CC.N#CCCOP(=O)(OCCC#N)Oc1ccc(CC(NF)C(=O)O)cc1. The molecule has 1 aromatic rings. The van der Waals surface area contributed by atoms with Gasteiger partial charge in [0.25, 0.3) is 0 Å². The number of phosphoric ester groups is 1. The van der Waals surface area contributed by atoms with Crippen LogP contribution >= 0.6 is 7.82 Å². The Morgan fingerprint density at radius 2 is 1.68 bits per heavy atom. The highest BCUT2D eigenvalue weighted by Crippen LogP contribution is 2.49. The van der Waals surface area contributed by atoms with Gasteiger partial charge in [-0.05, 0) is 17.7 Å². The smallest absolute Gasteiger partial charge is 0.480 e. The third-order valence-electron chi connectivity index (χ3n) is 2.94. The molecular weight excluding hydrogens is 392 g/mol. The zero-order valence-electron chi connectivity index (χ0n) is 15.6. The molecule has 1 unspecified atom stereocenters. The van der Waals surface area contributed by atoms with E-state index < -0.39 is 19.8 Å². The van der Waals surface area contributed by atoms with E-state index in [1.807, 2.05) is 26.0 Å². The predicted molar refractivity (Wildman–Crippen MR) is 97.8 cm³/mol. The topological polar surface area (TPSA) is 142 Å². The number of aliphatic carboxylic acids is 1. The number of carboxylic acid groups (broad SMARTS) is 1. The Labute approximate surface area is 163 Å². The highest BCUT2D eigenvalue weighted by molar-refractivity contribution is 7.48. The lowest BCUT2D eigenvalue weighted by Crippen LogP contribution is -2.33. The van der Waals surface area contributed by atoms with Crippen molar-refractivity contribution < 1.29 is 32.5 Å². The van der Waals surface area contributed by atoms with Crippen molar-refractivity contribution in [3.05, 3.63) is 29.8 Å². The maximum atomic E-state index is 12.5. The number of benzene rings is 1. The quantitative estimate of drug-likeness (QED) is 0.298. The molecule has 0 fully saturated rings. The number of hydrogen-bond donors (Lipinski definition) is 2. The summed E-state index contributed by atoms with van der Waals surface area (Å²) < 4.78 is 40.2. The van der Waals surface area contributed by atoms with Crippen LogP contribution in [0, 0.1) is 22.7 Å². The average molecular weight is 415 g/mol. The van der Waals surface area contributed by atoms with Gasteiger partial charge >= 0.3 is 13.8 Å². The van der Waals surface area contributed by atoms with Gasteiger partial charge in [0, 0.05) is 6.42 Å². The number of hydrogen-bond acceptors (Lipinski definition) is 8. The van der Waals surface area contributed by atoms with Gasteiger partial charge in [0.15, 0.2) is 0 Å². The molecule has 28 heavy (non-hydrogen) atoms. The van der Waals surface area contributed by atoms with E-state index in [1.54, 1.807) is 0 Å². The zero-order valence-corrected chi connectivity index (χ0v) is 16.5. The highest BCUT2D eigenvalue weighted by Gasteiger charge is 2.28. The Morgan fingerprint density at radius 3 is 2.07 bits per heavy atom. The van der Waals surface area contributed by atoms with Gasteiger partial charge in [-0.1, -0.05) is 26.0 Å². The zero-order chi connectivity index (χ0) is 21.4. The Balaban J connectivity index is 0.00000352. The molecule has 1 rings (SSSR count). The fourth-order valence-corrected chi connectivity index (χ4v) is 2.91. The van der Waals surface area contributed by atoms with Crippen molar-refractivity contribution >= 4 is 13.8 Å². The maximum absolute atomic E-state index is 12.5. The van der Waals surface area contributed by atoms with Gasteiger partial charge < -0.3 is 9.63 Å². The van der Waals surface area contributed by atoms with Gasteiger partial charge in [-0.15, -0.1) is 10.0 Å². The second kappa shape index (κ2) is 14.6. The Hall–Kier alpha value is -2.49. The summed E-state index contributed by atoms with van der Waals surface area (Å²) in [6.07, 6.45) is -0.164. The molecule has 1 aromatic carbocycles. The van der Waals surface area contributed by atoms with Crippen LogP contribution in [0.25, 0.3) is 0 Å². The van der Waals surface area contributed by atoms with Gasteiger partial charge in [-0.25, -0.2) is 4.57 Å². The van der Waals surface area contributed by atoms with E-state index in [9.17, 15) is 13.8 Å². The minimum Gasteiger partial charge on any atom is -0.480 e. The van der Waals surface area contributed by atoms with Crippen molar-refractivity contribution in [2.24, 2.45) is 0 Å². The number of nitrogens with one attached hydrogen (secondary N) is 1. The molecule has 0 saturated carbocycles. The molecule has 0 bridgehead atoms. The molecule has 0 aliphatic carbocycles. The van der Waals surface area contributed by atoms with Crippen LogP contribution in [0.4, 0.5) is 4.48 Å². The molecular formula is C17H23FN3O6P. The van der Waals surface area contributed by atoms with Crippen LogP contribution in [0.5, 0.6) is 5.75 Å². The van der Waals surface area contributed by atoms with E-state index in [2.05, 4.69) is 0 Å². The third-order valence-corrected chi connectivity index (χ3v) is 4.37. The summed E-state index contributed by atoms with van der Waals surface area (Å²) in [6, 6.07) is 7.96. The molecule has 0 spiro atoms. The van der Waals surface area contributed by atoms with Crippen LogP contribution in [-0.2, 0) is 24.8 Å². The van der Waals surface area contributed by atoms with Gasteiger partial charge in [0.2, 0.25) is 0 Å². The van der Waals surface area contributed by atoms with Gasteiger partial charge in [0.05, 0.1) is 38.2 Å². The highest BCUT2D eigenvalue weighted by atomic mass is 31.2. The lowest BCUT2D eigenvalue weighted by atomic mass is 10.1. The maximum Gasteiger partial charge on any atom is 0.530 e. The van der Waals surface area contributed by atoms with E-state index in [1.165, 1.54) is 29.8 Å². The first kappa shape index (κ1) is 25.5. The van der Waals surface area contributed by atoms with Crippen molar-refractivity contribution in [1.82, 2.24) is 5.54 Å². The molecule has 154 valence electrons. The standard InChI is InChI=1S/C15H17FN3O6P.C2H6/c16-19-14(15(20)21)11-12-3-5-13(6-4-12)25-26(22,23-9-1-7-17)24-10-2-8-18;1-2/h3-6,14,19H,1-2,9-11H2,(H,20,21);1-2H3. The van der Waals surface area contributed by atoms with E-state index in [0.717, 1.165) is 0 Å². The van der Waals surface area contributed by atoms with Gasteiger partial charge in [-0.2, -0.15) is 10.5 Å².